The summed E-state index contributed by atoms with van der Waals surface area (Å²) in [6, 6.07) is 17.2. The largest absolute Gasteiger partial charge is 0.335 e. The van der Waals surface area contributed by atoms with Crippen molar-refractivity contribution in [2.45, 2.75) is 12.1 Å². The molecule has 0 aliphatic rings. The van der Waals surface area contributed by atoms with Gasteiger partial charge in [0, 0.05) is 11.3 Å². The molecule has 3 rings (SSSR count). The van der Waals surface area contributed by atoms with Crippen molar-refractivity contribution in [3.8, 4) is 11.4 Å². The van der Waals surface area contributed by atoms with Crippen LogP contribution in [0.2, 0.25) is 0 Å². The maximum atomic E-state index is 12.1. The van der Waals surface area contributed by atoms with Gasteiger partial charge in [-0.15, -0.1) is 10.2 Å². The quantitative estimate of drug-likeness (QED) is 0.551. The molecule has 1 amide bonds. The van der Waals surface area contributed by atoms with Crippen LogP contribution in [0.1, 0.15) is 5.56 Å². The lowest BCUT2D eigenvalue weighted by molar-refractivity contribution is -0.113. The molecule has 0 aliphatic heterocycles. The number of amides is 1. The Morgan fingerprint density at radius 2 is 1.83 bits per heavy atom. The van der Waals surface area contributed by atoms with Crippen LogP contribution in [-0.2, 0) is 4.79 Å². The zero-order valence-corrected chi connectivity index (χ0v) is 14.0. The summed E-state index contributed by atoms with van der Waals surface area (Å²) >= 11 is 1.25. The lowest BCUT2D eigenvalue weighted by Gasteiger charge is -2.07. The minimum Gasteiger partial charge on any atom is -0.335 e. The van der Waals surface area contributed by atoms with E-state index in [0.29, 0.717) is 11.0 Å². The molecule has 122 valence electrons. The number of carbonyl (C=O) groups is 1. The lowest BCUT2D eigenvalue weighted by Crippen LogP contribution is -2.16. The Bertz CT molecular complexity index is 847. The number of aryl methyl sites for hydroxylation is 1. The summed E-state index contributed by atoms with van der Waals surface area (Å²) in [6.45, 7) is 1.95. The van der Waals surface area contributed by atoms with Crippen molar-refractivity contribution in [3.05, 3.63) is 60.2 Å². The van der Waals surface area contributed by atoms with Crippen LogP contribution in [0.4, 0.5) is 5.69 Å². The first-order valence-electron chi connectivity index (χ1n) is 7.39. The van der Waals surface area contributed by atoms with Crippen molar-refractivity contribution < 1.29 is 4.79 Å². The minimum absolute atomic E-state index is 0.112. The van der Waals surface area contributed by atoms with Gasteiger partial charge in [0.25, 0.3) is 0 Å². The second kappa shape index (κ2) is 7.18. The fourth-order valence-corrected chi connectivity index (χ4v) is 2.85. The summed E-state index contributed by atoms with van der Waals surface area (Å²) in [4.78, 5) is 12.1. The number of carbonyl (C=O) groups excluding carboxylic acids is 1. The van der Waals surface area contributed by atoms with Crippen LogP contribution in [0, 0.1) is 6.92 Å². The maximum Gasteiger partial charge on any atom is 0.234 e. The topological polar surface area (TPSA) is 85.8 Å². The predicted molar refractivity (Wildman–Crippen MR) is 96.1 cm³/mol. The van der Waals surface area contributed by atoms with Crippen LogP contribution in [0.25, 0.3) is 11.4 Å². The van der Waals surface area contributed by atoms with E-state index in [1.165, 1.54) is 16.4 Å². The van der Waals surface area contributed by atoms with E-state index in [9.17, 15) is 4.79 Å². The van der Waals surface area contributed by atoms with Crippen molar-refractivity contribution in [1.29, 1.82) is 0 Å². The molecule has 3 aromatic rings. The molecule has 0 bridgehead atoms. The fourth-order valence-electron chi connectivity index (χ4n) is 2.19. The highest BCUT2D eigenvalue weighted by atomic mass is 32.2. The number of hydrogen-bond acceptors (Lipinski definition) is 5. The summed E-state index contributed by atoms with van der Waals surface area (Å²) in [5.41, 5.74) is 2.70. The van der Waals surface area contributed by atoms with Gasteiger partial charge in [0.15, 0.2) is 5.82 Å². The summed E-state index contributed by atoms with van der Waals surface area (Å²) in [5.74, 6) is 6.70. The standard InChI is InChI=1S/C17H17N5OS/c1-12-7-5-6-10-14(12)19-15(23)11-24-17-21-20-16(22(17)18)13-8-3-2-4-9-13/h2-10H,11,18H2,1H3,(H,19,23). The molecular formula is C17H17N5OS. The molecule has 7 heteroatoms. The number of thioether (sulfide) groups is 1. The number of hydrogen-bond donors (Lipinski definition) is 2. The second-order valence-electron chi connectivity index (χ2n) is 5.19. The van der Waals surface area contributed by atoms with Crippen molar-refractivity contribution in [2.75, 3.05) is 16.9 Å². The van der Waals surface area contributed by atoms with Gasteiger partial charge in [-0.1, -0.05) is 60.3 Å². The molecule has 0 spiro atoms. The Kier molecular flexibility index (Phi) is 4.81. The van der Waals surface area contributed by atoms with Gasteiger partial charge < -0.3 is 11.2 Å². The van der Waals surface area contributed by atoms with Crippen LogP contribution in [0.5, 0.6) is 0 Å². The number of para-hydroxylation sites is 1. The van der Waals surface area contributed by atoms with Gasteiger partial charge >= 0.3 is 0 Å². The Morgan fingerprint density at radius 1 is 1.12 bits per heavy atom. The second-order valence-corrected chi connectivity index (χ2v) is 6.14. The number of aromatic nitrogens is 3. The van der Waals surface area contributed by atoms with Gasteiger partial charge in [0.05, 0.1) is 5.75 Å². The molecule has 24 heavy (non-hydrogen) atoms. The molecule has 1 aromatic heterocycles. The molecular weight excluding hydrogens is 322 g/mol. The van der Waals surface area contributed by atoms with E-state index in [4.69, 9.17) is 5.84 Å². The van der Waals surface area contributed by atoms with Crippen LogP contribution < -0.4 is 11.2 Å². The highest BCUT2D eigenvalue weighted by Gasteiger charge is 2.13. The summed E-state index contributed by atoms with van der Waals surface area (Å²) in [6.07, 6.45) is 0. The van der Waals surface area contributed by atoms with Crippen molar-refractivity contribution in [1.82, 2.24) is 14.9 Å². The number of nitrogen functional groups attached to an aromatic ring is 1. The van der Waals surface area contributed by atoms with E-state index in [1.54, 1.807) is 0 Å². The van der Waals surface area contributed by atoms with Crippen LogP contribution in [0.3, 0.4) is 0 Å². The molecule has 0 saturated heterocycles. The lowest BCUT2D eigenvalue weighted by atomic mass is 10.2. The number of nitrogens with two attached hydrogens (primary N) is 1. The van der Waals surface area contributed by atoms with E-state index in [0.717, 1.165) is 16.8 Å². The minimum atomic E-state index is -0.112. The van der Waals surface area contributed by atoms with Crippen LogP contribution >= 0.6 is 11.8 Å². The first-order valence-corrected chi connectivity index (χ1v) is 8.38. The van der Waals surface area contributed by atoms with E-state index in [2.05, 4.69) is 15.5 Å². The predicted octanol–water partition coefficient (Wildman–Crippen LogP) is 2.70. The van der Waals surface area contributed by atoms with Crippen LogP contribution in [-0.4, -0.2) is 26.5 Å². The average Bonchev–Trinajstić information content (AvgIpc) is 2.97. The summed E-state index contributed by atoms with van der Waals surface area (Å²) < 4.78 is 1.40. The zero-order chi connectivity index (χ0) is 16.9. The molecule has 0 aliphatic carbocycles. The monoisotopic (exact) mass is 339 g/mol. The van der Waals surface area contributed by atoms with Gasteiger partial charge in [-0.2, -0.15) is 0 Å². The number of benzene rings is 2. The van der Waals surface area contributed by atoms with Gasteiger partial charge in [-0.25, -0.2) is 4.68 Å². The third-order valence-corrected chi connectivity index (χ3v) is 4.39. The highest BCUT2D eigenvalue weighted by molar-refractivity contribution is 7.99. The maximum absolute atomic E-state index is 12.1. The molecule has 0 saturated carbocycles. The highest BCUT2D eigenvalue weighted by Crippen LogP contribution is 2.21. The Morgan fingerprint density at radius 3 is 2.58 bits per heavy atom. The van der Waals surface area contributed by atoms with Crippen molar-refractivity contribution >= 4 is 23.4 Å². The molecule has 2 aromatic carbocycles. The van der Waals surface area contributed by atoms with E-state index in [-0.39, 0.29) is 11.7 Å². The first-order chi connectivity index (χ1) is 11.6. The third kappa shape index (κ3) is 3.57. The van der Waals surface area contributed by atoms with Gasteiger partial charge in [0.1, 0.15) is 0 Å². The molecule has 0 radical (unpaired) electrons. The van der Waals surface area contributed by atoms with Crippen molar-refractivity contribution in [2.24, 2.45) is 0 Å². The van der Waals surface area contributed by atoms with E-state index >= 15 is 0 Å². The van der Waals surface area contributed by atoms with Gasteiger partial charge in [0.2, 0.25) is 11.1 Å². The summed E-state index contributed by atoms with van der Waals surface area (Å²) in [5, 5.41) is 11.5. The first kappa shape index (κ1) is 16.1. The number of nitrogens with zero attached hydrogens (tertiary/aromatic N) is 3. The molecule has 1 heterocycles. The van der Waals surface area contributed by atoms with Gasteiger partial charge in [-0.3, -0.25) is 4.79 Å². The molecule has 3 N–H and O–H groups in total. The van der Waals surface area contributed by atoms with Crippen molar-refractivity contribution in [3.63, 3.8) is 0 Å². The Hall–Kier alpha value is -2.80. The number of rotatable bonds is 5. The number of anilines is 1. The van der Waals surface area contributed by atoms with E-state index in [1.807, 2.05) is 61.5 Å². The number of nitrogens with one attached hydrogen (secondary N) is 1. The molecule has 0 fully saturated rings. The van der Waals surface area contributed by atoms with Crippen LogP contribution in [0.15, 0.2) is 59.8 Å². The third-order valence-electron chi connectivity index (χ3n) is 3.45. The molecule has 0 unspecified atom stereocenters. The SMILES string of the molecule is Cc1ccccc1NC(=O)CSc1nnc(-c2ccccc2)n1N. The van der Waals surface area contributed by atoms with Gasteiger partial charge in [-0.05, 0) is 18.6 Å². The Balaban J connectivity index is 1.64. The summed E-state index contributed by atoms with van der Waals surface area (Å²) in [7, 11) is 0. The molecule has 0 atom stereocenters. The normalized spacial score (nSPS) is 10.5. The average molecular weight is 339 g/mol. The zero-order valence-electron chi connectivity index (χ0n) is 13.1. The molecule has 6 nitrogen and oxygen atoms in total. The Labute approximate surface area is 144 Å². The smallest absolute Gasteiger partial charge is 0.234 e. The fraction of sp³-hybridized carbons (Fsp3) is 0.118. The van der Waals surface area contributed by atoms with E-state index < -0.39 is 0 Å².